The van der Waals surface area contributed by atoms with Crippen molar-refractivity contribution in [3.05, 3.63) is 30.1 Å². The summed E-state index contributed by atoms with van der Waals surface area (Å²) >= 11 is 0. The summed E-state index contributed by atoms with van der Waals surface area (Å²) < 4.78 is 6.82. The molecule has 6 heteroatoms. The molecule has 0 spiro atoms. The van der Waals surface area contributed by atoms with Crippen molar-refractivity contribution in [2.45, 2.75) is 64.8 Å². The van der Waals surface area contributed by atoms with Gasteiger partial charge < -0.3 is 10.5 Å². The van der Waals surface area contributed by atoms with Crippen LogP contribution < -0.4 is 10.3 Å². The lowest BCUT2D eigenvalue weighted by atomic mass is 10.1. The molecule has 0 saturated carbocycles. The molecule has 1 amide bonds. The Morgan fingerprint density at radius 1 is 1.08 bits per heavy atom. The van der Waals surface area contributed by atoms with Crippen molar-refractivity contribution in [3.8, 4) is 0 Å². The largest absolute Gasteiger partial charge is 0.461 e. The Bertz CT molecular complexity index is 495. The molecule has 1 aromatic heterocycles. The third-order valence-electron chi connectivity index (χ3n) is 3.72. The summed E-state index contributed by atoms with van der Waals surface area (Å²) in [7, 11) is 0. The molecule has 1 heterocycles. The number of amides is 1. The molecule has 136 valence electrons. The standard InChI is InChI=1S/C18H28N2O3.ClH/c1-2-3-4-5-6-7-8-9-13-23-17(21)15-20-12-10-11-16(14-20)18(19)22;/h10-12,14H,2-9,13,15H2,1H3,(H-,19,22);1H/p+1. The van der Waals surface area contributed by atoms with Gasteiger partial charge in [0.05, 0.1) is 6.61 Å². The van der Waals surface area contributed by atoms with Crippen LogP contribution in [0.2, 0.25) is 0 Å². The summed E-state index contributed by atoms with van der Waals surface area (Å²) in [5, 5.41) is 0. The van der Waals surface area contributed by atoms with Gasteiger partial charge in [-0.05, 0) is 12.5 Å². The van der Waals surface area contributed by atoms with Crippen molar-refractivity contribution in [2.75, 3.05) is 6.61 Å². The number of halogens is 1. The first-order valence-corrected chi connectivity index (χ1v) is 8.58. The molecule has 0 aliphatic carbocycles. The summed E-state index contributed by atoms with van der Waals surface area (Å²) in [5.41, 5.74) is 5.59. The number of aromatic nitrogens is 1. The van der Waals surface area contributed by atoms with Crippen molar-refractivity contribution in [3.63, 3.8) is 0 Å². The van der Waals surface area contributed by atoms with Crippen LogP contribution in [0.25, 0.3) is 0 Å². The number of esters is 1. The highest BCUT2D eigenvalue weighted by atomic mass is 35.5. The minimum absolute atomic E-state index is 0. The number of nitrogens with two attached hydrogens (primary N) is 1. The van der Waals surface area contributed by atoms with E-state index in [2.05, 4.69) is 6.92 Å². The number of unbranched alkanes of at least 4 members (excludes halogenated alkanes) is 7. The summed E-state index contributed by atoms with van der Waals surface area (Å²) in [4.78, 5) is 22.8. The van der Waals surface area contributed by atoms with Gasteiger partial charge in [-0.25, -0.2) is 4.79 Å². The topological polar surface area (TPSA) is 73.3 Å². The average molecular weight is 358 g/mol. The van der Waals surface area contributed by atoms with Gasteiger partial charge in [-0.1, -0.05) is 51.9 Å². The van der Waals surface area contributed by atoms with E-state index in [1.165, 1.54) is 38.5 Å². The number of hydrogen-bond acceptors (Lipinski definition) is 3. The second-order valence-corrected chi connectivity index (χ2v) is 5.82. The van der Waals surface area contributed by atoms with E-state index in [0.29, 0.717) is 12.2 Å². The third kappa shape index (κ3) is 10.2. The van der Waals surface area contributed by atoms with Gasteiger partial charge >= 0.3 is 5.97 Å². The summed E-state index contributed by atoms with van der Waals surface area (Å²) in [6, 6.07) is 3.30. The zero-order valence-electron chi connectivity index (χ0n) is 14.5. The number of primary amides is 1. The molecule has 5 nitrogen and oxygen atoms in total. The van der Waals surface area contributed by atoms with Crippen LogP contribution in [0, 0.1) is 0 Å². The molecule has 0 aliphatic heterocycles. The van der Waals surface area contributed by atoms with Crippen LogP contribution in [0.3, 0.4) is 0 Å². The minimum atomic E-state index is -0.508. The molecule has 0 bridgehead atoms. The van der Waals surface area contributed by atoms with Crippen molar-refractivity contribution in [1.82, 2.24) is 0 Å². The molecule has 0 atom stereocenters. The smallest absolute Gasteiger partial charge is 0.372 e. The number of rotatable bonds is 12. The number of carbonyl (C=O) groups excluding carboxylic acids is 2. The van der Waals surface area contributed by atoms with E-state index in [1.54, 1.807) is 29.1 Å². The first-order chi connectivity index (χ1) is 11.1. The summed E-state index contributed by atoms with van der Waals surface area (Å²) in [6.45, 7) is 2.78. The SMILES string of the molecule is CCCCCCCCCCOC(=O)C[n+]1cccc(C(N)=O)c1.Cl. The Labute approximate surface area is 151 Å². The van der Waals surface area contributed by atoms with E-state index >= 15 is 0 Å². The van der Waals surface area contributed by atoms with E-state index in [4.69, 9.17) is 10.5 Å². The molecule has 1 aromatic rings. The zero-order valence-corrected chi connectivity index (χ0v) is 15.4. The van der Waals surface area contributed by atoms with Gasteiger partial charge in [0.25, 0.3) is 5.91 Å². The number of pyridine rings is 1. The van der Waals surface area contributed by atoms with Crippen molar-refractivity contribution >= 4 is 24.3 Å². The van der Waals surface area contributed by atoms with Gasteiger partial charge in [0, 0.05) is 6.07 Å². The fraction of sp³-hybridized carbons (Fsp3) is 0.611. The van der Waals surface area contributed by atoms with Crippen LogP contribution in [0.4, 0.5) is 0 Å². The maximum atomic E-state index is 11.7. The molecule has 1 rings (SSSR count). The van der Waals surface area contributed by atoms with E-state index in [-0.39, 0.29) is 24.9 Å². The Balaban J connectivity index is 0.00000529. The molecule has 0 fully saturated rings. The summed E-state index contributed by atoms with van der Waals surface area (Å²) in [6.07, 6.45) is 13.0. The lowest BCUT2D eigenvalue weighted by Gasteiger charge is -2.04. The normalized spacial score (nSPS) is 10.0. The molecule has 0 unspecified atom stereocenters. The first kappa shape index (κ1) is 22.4. The maximum Gasteiger partial charge on any atom is 0.372 e. The van der Waals surface area contributed by atoms with Crippen LogP contribution in [0.1, 0.15) is 68.6 Å². The lowest BCUT2D eigenvalue weighted by Crippen LogP contribution is -2.39. The predicted octanol–water partition coefficient (Wildman–Crippen LogP) is 3.18. The van der Waals surface area contributed by atoms with Gasteiger partial charge in [-0.15, -0.1) is 12.4 Å². The fourth-order valence-electron chi connectivity index (χ4n) is 2.38. The van der Waals surface area contributed by atoms with E-state index in [1.807, 2.05) is 0 Å². The number of ether oxygens (including phenoxy) is 1. The van der Waals surface area contributed by atoms with Crippen molar-refractivity contribution < 1.29 is 18.9 Å². The number of carbonyl (C=O) groups is 2. The van der Waals surface area contributed by atoms with Crippen LogP contribution in [0.15, 0.2) is 24.5 Å². The fourth-order valence-corrected chi connectivity index (χ4v) is 2.38. The van der Waals surface area contributed by atoms with Crippen LogP contribution in [-0.4, -0.2) is 18.5 Å². The van der Waals surface area contributed by atoms with Gasteiger partial charge in [-0.3, -0.25) is 4.79 Å². The highest BCUT2D eigenvalue weighted by molar-refractivity contribution is 5.92. The molecule has 24 heavy (non-hydrogen) atoms. The Kier molecular flexibility index (Phi) is 12.9. The monoisotopic (exact) mass is 357 g/mol. The van der Waals surface area contributed by atoms with Gasteiger partial charge in [0.1, 0.15) is 5.56 Å². The van der Waals surface area contributed by atoms with Gasteiger partial charge in [0.2, 0.25) is 6.54 Å². The summed E-state index contributed by atoms with van der Waals surface area (Å²) in [5.74, 6) is -0.800. The average Bonchev–Trinajstić information content (AvgIpc) is 2.53. The highest BCUT2D eigenvalue weighted by Crippen LogP contribution is 2.08. The van der Waals surface area contributed by atoms with E-state index in [0.717, 1.165) is 12.8 Å². The van der Waals surface area contributed by atoms with Gasteiger partial charge in [0.15, 0.2) is 12.4 Å². The van der Waals surface area contributed by atoms with Crippen LogP contribution >= 0.6 is 12.4 Å². The molecule has 0 saturated heterocycles. The van der Waals surface area contributed by atoms with Crippen LogP contribution in [0.5, 0.6) is 0 Å². The molecular weight excluding hydrogens is 328 g/mol. The Morgan fingerprint density at radius 3 is 2.33 bits per heavy atom. The highest BCUT2D eigenvalue weighted by Gasteiger charge is 2.12. The number of nitrogens with zero attached hydrogens (tertiary/aromatic N) is 1. The lowest BCUT2D eigenvalue weighted by molar-refractivity contribution is -0.686. The molecular formula is C18H30ClN2O3+. The van der Waals surface area contributed by atoms with Gasteiger partial charge in [-0.2, -0.15) is 4.57 Å². The predicted molar refractivity (Wildman–Crippen MR) is 96.0 cm³/mol. The minimum Gasteiger partial charge on any atom is -0.461 e. The first-order valence-electron chi connectivity index (χ1n) is 8.58. The van der Waals surface area contributed by atoms with E-state index < -0.39 is 5.91 Å². The molecule has 0 aliphatic rings. The van der Waals surface area contributed by atoms with Crippen LogP contribution in [-0.2, 0) is 16.1 Å². The second kappa shape index (κ2) is 13.8. The third-order valence-corrected chi connectivity index (χ3v) is 3.72. The molecule has 2 N–H and O–H groups in total. The zero-order chi connectivity index (χ0) is 16.9. The Hall–Kier alpha value is -1.62. The second-order valence-electron chi connectivity index (χ2n) is 5.82. The molecule has 0 aromatic carbocycles. The van der Waals surface area contributed by atoms with Crippen molar-refractivity contribution in [1.29, 1.82) is 0 Å². The molecule has 0 radical (unpaired) electrons. The maximum absolute atomic E-state index is 11.7. The van der Waals surface area contributed by atoms with E-state index in [9.17, 15) is 9.59 Å². The van der Waals surface area contributed by atoms with Crippen molar-refractivity contribution in [2.24, 2.45) is 5.73 Å². The number of hydrogen-bond donors (Lipinski definition) is 1. The Morgan fingerprint density at radius 2 is 1.71 bits per heavy atom. The quantitative estimate of drug-likeness (QED) is 0.354.